The summed E-state index contributed by atoms with van der Waals surface area (Å²) < 4.78 is 1.01. The number of nitrogens with zero attached hydrogens (tertiary/aromatic N) is 3. The van der Waals surface area contributed by atoms with Gasteiger partial charge in [-0.15, -0.1) is 0 Å². The van der Waals surface area contributed by atoms with E-state index in [-0.39, 0.29) is 6.04 Å². The molecule has 0 heterocycles. The normalized spacial score (nSPS) is 11.8. The van der Waals surface area contributed by atoms with E-state index in [0.717, 1.165) is 16.5 Å². The molecule has 0 aliphatic rings. The molecule has 0 radical (unpaired) electrons. The molecule has 1 aromatic rings. The summed E-state index contributed by atoms with van der Waals surface area (Å²) in [5.41, 5.74) is 9.40. The summed E-state index contributed by atoms with van der Waals surface area (Å²) in [7, 11) is 0. The van der Waals surface area contributed by atoms with Crippen molar-refractivity contribution < 1.29 is 0 Å². The number of hydrogen-bond donors (Lipinski definition) is 0. The average molecular weight is 240 g/mol. The van der Waals surface area contributed by atoms with Crippen LogP contribution in [-0.4, -0.2) is 0 Å². The largest absolute Gasteiger partial charge is 0.0859 e. The van der Waals surface area contributed by atoms with Gasteiger partial charge in [-0.3, -0.25) is 0 Å². The van der Waals surface area contributed by atoms with Gasteiger partial charge in [0.2, 0.25) is 0 Å². The van der Waals surface area contributed by atoms with E-state index < -0.39 is 0 Å². The van der Waals surface area contributed by atoms with Gasteiger partial charge in [-0.1, -0.05) is 40.1 Å². The van der Waals surface area contributed by atoms with Crippen molar-refractivity contribution in [2.24, 2.45) is 5.11 Å². The fourth-order valence-corrected chi connectivity index (χ4v) is 1.58. The van der Waals surface area contributed by atoms with E-state index in [0.29, 0.717) is 0 Å². The summed E-state index contributed by atoms with van der Waals surface area (Å²) in [6.45, 7) is 2.00. The molecule has 0 fully saturated rings. The first-order valence-corrected chi connectivity index (χ1v) is 4.87. The van der Waals surface area contributed by atoms with Crippen molar-refractivity contribution in [2.75, 3.05) is 0 Å². The van der Waals surface area contributed by atoms with Crippen LogP contribution in [0.15, 0.2) is 33.9 Å². The van der Waals surface area contributed by atoms with Gasteiger partial charge in [0.05, 0.1) is 6.04 Å². The first-order chi connectivity index (χ1) is 6.27. The van der Waals surface area contributed by atoms with Gasteiger partial charge in [0, 0.05) is 9.38 Å². The van der Waals surface area contributed by atoms with Gasteiger partial charge in [0.15, 0.2) is 0 Å². The maximum absolute atomic E-state index is 8.35. The molecule has 0 saturated carbocycles. The fraction of sp³-hybridized carbons (Fsp3) is 0.333. The Hall–Kier alpha value is -0.990. The van der Waals surface area contributed by atoms with E-state index >= 15 is 0 Å². The molecule has 1 atom stereocenters. The van der Waals surface area contributed by atoms with Gasteiger partial charge < -0.3 is 0 Å². The molecule has 0 amide bonds. The quantitative estimate of drug-likeness (QED) is 0.431. The molecule has 0 bridgehead atoms. The minimum atomic E-state index is -0.0532. The molecule has 68 valence electrons. The van der Waals surface area contributed by atoms with Crippen molar-refractivity contribution in [3.8, 4) is 0 Å². The topological polar surface area (TPSA) is 48.8 Å². The van der Waals surface area contributed by atoms with Crippen LogP contribution in [0.5, 0.6) is 0 Å². The first-order valence-electron chi connectivity index (χ1n) is 4.07. The Morgan fingerprint density at radius 3 is 2.92 bits per heavy atom. The molecule has 0 unspecified atom stereocenters. The lowest BCUT2D eigenvalue weighted by atomic mass is 10.1. The third kappa shape index (κ3) is 2.76. The minimum absolute atomic E-state index is 0.0532. The molecule has 0 N–H and O–H groups in total. The molecule has 0 saturated heterocycles. The van der Waals surface area contributed by atoms with Gasteiger partial charge in [-0.05, 0) is 29.6 Å². The third-order valence-electron chi connectivity index (χ3n) is 1.81. The molecule has 1 aromatic carbocycles. The van der Waals surface area contributed by atoms with Gasteiger partial charge in [-0.25, -0.2) is 0 Å². The van der Waals surface area contributed by atoms with Gasteiger partial charge in [-0.2, -0.15) is 0 Å². The Morgan fingerprint density at radius 2 is 2.38 bits per heavy atom. The number of rotatable bonds is 3. The van der Waals surface area contributed by atoms with Crippen LogP contribution in [0.2, 0.25) is 0 Å². The molecule has 3 nitrogen and oxygen atoms in total. The van der Waals surface area contributed by atoms with Gasteiger partial charge >= 0.3 is 0 Å². The Balaban J connectivity index is 2.97. The predicted octanol–water partition coefficient (Wildman–Crippen LogP) is 4.21. The standard InChI is InChI=1S/C9H10BrN3/c1-2-9(12-13-11)7-4-3-5-8(10)6-7/h3-6,9H,2H2,1H3/t9-/m1/s1. The molecule has 0 spiro atoms. The van der Waals surface area contributed by atoms with Crippen LogP contribution in [0, 0.1) is 0 Å². The van der Waals surface area contributed by atoms with Crippen LogP contribution in [-0.2, 0) is 0 Å². The molecule has 1 rings (SSSR count). The second-order valence-corrected chi connectivity index (χ2v) is 3.60. The second-order valence-electron chi connectivity index (χ2n) is 2.68. The summed E-state index contributed by atoms with van der Waals surface area (Å²) in [5.74, 6) is 0. The van der Waals surface area contributed by atoms with Crippen molar-refractivity contribution in [2.45, 2.75) is 19.4 Å². The highest BCUT2D eigenvalue weighted by Crippen LogP contribution is 2.23. The molecule has 0 aromatic heterocycles. The molecular formula is C9H10BrN3. The third-order valence-corrected chi connectivity index (χ3v) is 2.30. The zero-order valence-corrected chi connectivity index (χ0v) is 8.90. The number of benzene rings is 1. The summed E-state index contributed by atoms with van der Waals surface area (Å²) in [4.78, 5) is 2.82. The summed E-state index contributed by atoms with van der Waals surface area (Å²) in [6.07, 6.45) is 0.820. The lowest BCUT2D eigenvalue weighted by Crippen LogP contribution is -1.91. The summed E-state index contributed by atoms with van der Waals surface area (Å²) >= 11 is 3.38. The summed E-state index contributed by atoms with van der Waals surface area (Å²) in [6, 6.07) is 7.78. The predicted molar refractivity (Wildman–Crippen MR) is 56.3 cm³/mol. The van der Waals surface area contributed by atoms with Crippen molar-refractivity contribution in [1.29, 1.82) is 0 Å². The van der Waals surface area contributed by atoms with E-state index in [9.17, 15) is 0 Å². The highest BCUT2D eigenvalue weighted by Gasteiger charge is 2.05. The Morgan fingerprint density at radius 1 is 1.62 bits per heavy atom. The van der Waals surface area contributed by atoms with Crippen LogP contribution < -0.4 is 0 Å². The zero-order valence-electron chi connectivity index (χ0n) is 7.31. The van der Waals surface area contributed by atoms with Crippen LogP contribution in [0.25, 0.3) is 10.4 Å². The smallest absolute Gasteiger partial charge is 0.0623 e. The molecule has 0 aliphatic carbocycles. The number of azide groups is 1. The van der Waals surface area contributed by atoms with Crippen molar-refractivity contribution in [3.05, 3.63) is 44.7 Å². The Bertz CT molecular complexity index is 331. The zero-order chi connectivity index (χ0) is 9.68. The number of hydrogen-bond acceptors (Lipinski definition) is 1. The van der Waals surface area contributed by atoms with Crippen molar-refractivity contribution in [1.82, 2.24) is 0 Å². The average Bonchev–Trinajstić information content (AvgIpc) is 2.14. The van der Waals surface area contributed by atoms with E-state index in [4.69, 9.17) is 5.53 Å². The molecule has 13 heavy (non-hydrogen) atoms. The van der Waals surface area contributed by atoms with E-state index in [2.05, 4.69) is 26.0 Å². The summed E-state index contributed by atoms with van der Waals surface area (Å²) in [5, 5.41) is 3.71. The van der Waals surface area contributed by atoms with Crippen LogP contribution in [0.3, 0.4) is 0 Å². The highest BCUT2D eigenvalue weighted by molar-refractivity contribution is 9.10. The highest BCUT2D eigenvalue weighted by atomic mass is 79.9. The van der Waals surface area contributed by atoms with Crippen LogP contribution in [0.1, 0.15) is 24.9 Å². The maximum atomic E-state index is 8.35. The molecule has 0 aliphatic heterocycles. The van der Waals surface area contributed by atoms with E-state index in [1.165, 1.54) is 0 Å². The van der Waals surface area contributed by atoms with Crippen molar-refractivity contribution in [3.63, 3.8) is 0 Å². The first kappa shape index (κ1) is 10.1. The number of halogens is 1. The molecular weight excluding hydrogens is 230 g/mol. The Kier molecular flexibility index (Phi) is 3.80. The van der Waals surface area contributed by atoms with E-state index in [1.807, 2.05) is 31.2 Å². The van der Waals surface area contributed by atoms with Crippen LogP contribution >= 0.6 is 15.9 Å². The van der Waals surface area contributed by atoms with Gasteiger partial charge in [0.25, 0.3) is 0 Å². The maximum Gasteiger partial charge on any atom is 0.0623 e. The monoisotopic (exact) mass is 239 g/mol. The van der Waals surface area contributed by atoms with Gasteiger partial charge in [0.1, 0.15) is 0 Å². The lowest BCUT2D eigenvalue weighted by molar-refractivity contribution is 0.692. The van der Waals surface area contributed by atoms with Crippen LogP contribution in [0.4, 0.5) is 0 Å². The Labute approximate surface area is 85.5 Å². The van der Waals surface area contributed by atoms with E-state index in [1.54, 1.807) is 0 Å². The van der Waals surface area contributed by atoms with Crippen molar-refractivity contribution >= 4 is 15.9 Å². The molecule has 4 heteroatoms. The SMILES string of the molecule is CC[C@@H](N=[N+]=[N-])c1cccc(Br)c1. The lowest BCUT2D eigenvalue weighted by Gasteiger charge is -2.07. The minimum Gasteiger partial charge on any atom is -0.0859 e. The second kappa shape index (κ2) is 4.90. The fourth-order valence-electron chi connectivity index (χ4n) is 1.16.